The number of nitrogens with zero attached hydrogens (tertiary/aromatic N) is 2. The maximum absolute atomic E-state index is 4.31. The molecular weight excluding hydrogens is 242 g/mol. The van der Waals surface area contributed by atoms with E-state index in [1.807, 2.05) is 12.4 Å². The van der Waals surface area contributed by atoms with Gasteiger partial charge >= 0.3 is 0 Å². The van der Waals surface area contributed by atoms with Gasteiger partial charge in [-0.1, -0.05) is 12.1 Å². The molecule has 1 heterocycles. The van der Waals surface area contributed by atoms with Crippen molar-refractivity contribution in [2.45, 2.75) is 24.8 Å². The summed E-state index contributed by atoms with van der Waals surface area (Å²) in [6, 6.07) is 8.76. The molecule has 4 heteroatoms. The van der Waals surface area contributed by atoms with Crippen LogP contribution in [-0.2, 0) is 0 Å². The van der Waals surface area contributed by atoms with E-state index in [0.29, 0.717) is 12.0 Å². The SMILES string of the molecule is CSc1ccc(-c2cnc(NC(C)C)nc2)cc1. The highest BCUT2D eigenvalue weighted by Gasteiger charge is 2.01. The van der Waals surface area contributed by atoms with Gasteiger partial charge in [0, 0.05) is 28.9 Å². The molecule has 0 atom stereocenters. The van der Waals surface area contributed by atoms with Crippen LogP contribution in [0, 0.1) is 0 Å². The summed E-state index contributed by atoms with van der Waals surface area (Å²) in [5.74, 6) is 0.675. The number of hydrogen-bond donors (Lipinski definition) is 1. The summed E-state index contributed by atoms with van der Waals surface area (Å²) in [6.07, 6.45) is 5.78. The Bertz CT molecular complexity index is 491. The molecule has 0 aliphatic carbocycles. The Morgan fingerprint density at radius 2 is 1.61 bits per heavy atom. The Hall–Kier alpha value is -1.55. The predicted molar refractivity (Wildman–Crippen MR) is 78.0 cm³/mol. The lowest BCUT2D eigenvalue weighted by atomic mass is 10.1. The van der Waals surface area contributed by atoms with Gasteiger partial charge in [0.2, 0.25) is 5.95 Å². The number of benzene rings is 1. The van der Waals surface area contributed by atoms with E-state index in [0.717, 1.165) is 11.1 Å². The van der Waals surface area contributed by atoms with Crippen molar-refractivity contribution in [2.24, 2.45) is 0 Å². The number of aromatic nitrogens is 2. The first-order valence-electron chi connectivity index (χ1n) is 5.92. The Kier molecular flexibility index (Phi) is 4.20. The van der Waals surface area contributed by atoms with Gasteiger partial charge in [0.25, 0.3) is 0 Å². The summed E-state index contributed by atoms with van der Waals surface area (Å²) >= 11 is 1.74. The van der Waals surface area contributed by atoms with Crippen LogP contribution >= 0.6 is 11.8 Å². The fourth-order valence-electron chi connectivity index (χ4n) is 1.59. The van der Waals surface area contributed by atoms with Crippen molar-refractivity contribution < 1.29 is 0 Å². The van der Waals surface area contributed by atoms with E-state index in [2.05, 4.69) is 59.7 Å². The van der Waals surface area contributed by atoms with E-state index in [4.69, 9.17) is 0 Å². The minimum atomic E-state index is 0.344. The zero-order valence-corrected chi connectivity index (χ0v) is 11.7. The third-order valence-corrected chi connectivity index (χ3v) is 3.24. The molecule has 0 bridgehead atoms. The van der Waals surface area contributed by atoms with Gasteiger partial charge in [0.05, 0.1) is 0 Å². The van der Waals surface area contributed by atoms with Gasteiger partial charge in [-0.15, -0.1) is 11.8 Å². The lowest BCUT2D eigenvalue weighted by Gasteiger charge is -2.08. The van der Waals surface area contributed by atoms with Crippen LogP contribution in [0.3, 0.4) is 0 Å². The number of rotatable bonds is 4. The molecule has 0 aliphatic rings. The summed E-state index contributed by atoms with van der Waals surface area (Å²) in [5.41, 5.74) is 2.18. The van der Waals surface area contributed by atoms with Gasteiger partial charge < -0.3 is 5.32 Å². The van der Waals surface area contributed by atoms with Crippen molar-refractivity contribution in [2.75, 3.05) is 11.6 Å². The highest BCUT2D eigenvalue weighted by atomic mass is 32.2. The van der Waals surface area contributed by atoms with Gasteiger partial charge in [-0.25, -0.2) is 9.97 Å². The quantitative estimate of drug-likeness (QED) is 0.850. The highest BCUT2D eigenvalue weighted by molar-refractivity contribution is 7.98. The molecule has 94 valence electrons. The second-order valence-electron chi connectivity index (χ2n) is 4.32. The monoisotopic (exact) mass is 259 g/mol. The van der Waals surface area contributed by atoms with Gasteiger partial charge in [-0.2, -0.15) is 0 Å². The number of thioether (sulfide) groups is 1. The van der Waals surface area contributed by atoms with Crippen LogP contribution in [0.15, 0.2) is 41.6 Å². The molecule has 2 rings (SSSR count). The van der Waals surface area contributed by atoms with Crippen LogP contribution < -0.4 is 5.32 Å². The first-order chi connectivity index (χ1) is 8.69. The second-order valence-corrected chi connectivity index (χ2v) is 5.20. The normalized spacial score (nSPS) is 10.7. The Labute approximate surface area is 112 Å². The van der Waals surface area contributed by atoms with Gasteiger partial charge in [-0.3, -0.25) is 0 Å². The van der Waals surface area contributed by atoms with Crippen molar-refractivity contribution in [1.82, 2.24) is 9.97 Å². The Balaban J connectivity index is 2.17. The summed E-state index contributed by atoms with van der Waals surface area (Å²) in [4.78, 5) is 9.88. The van der Waals surface area contributed by atoms with Gasteiger partial charge in [0.15, 0.2) is 0 Å². The lowest BCUT2D eigenvalue weighted by Crippen LogP contribution is -2.12. The average Bonchev–Trinajstić information content (AvgIpc) is 2.39. The van der Waals surface area contributed by atoms with Gasteiger partial charge in [-0.05, 0) is 37.8 Å². The van der Waals surface area contributed by atoms with Crippen LogP contribution in [-0.4, -0.2) is 22.3 Å². The first kappa shape index (κ1) is 12.9. The predicted octanol–water partition coefficient (Wildman–Crippen LogP) is 3.69. The van der Waals surface area contributed by atoms with Crippen LogP contribution in [0.25, 0.3) is 11.1 Å². The van der Waals surface area contributed by atoms with Crippen molar-refractivity contribution in [3.05, 3.63) is 36.7 Å². The molecular formula is C14H17N3S. The van der Waals surface area contributed by atoms with E-state index >= 15 is 0 Å². The van der Waals surface area contributed by atoms with E-state index in [1.165, 1.54) is 4.90 Å². The topological polar surface area (TPSA) is 37.8 Å². The van der Waals surface area contributed by atoms with Gasteiger partial charge in [0.1, 0.15) is 0 Å². The molecule has 1 N–H and O–H groups in total. The number of nitrogens with one attached hydrogen (secondary N) is 1. The standard InChI is InChI=1S/C14H17N3S/c1-10(2)17-14-15-8-12(9-16-14)11-4-6-13(18-3)7-5-11/h4-10H,1-3H3,(H,15,16,17). The molecule has 0 amide bonds. The molecule has 3 nitrogen and oxygen atoms in total. The summed E-state index contributed by atoms with van der Waals surface area (Å²) in [5, 5.41) is 3.18. The third kappa shape index (κ3) is 3.23. The number of anilines is 1. The smallest absolute Gasteiger partial charge is 0.222 e. The minimum Gasteiger partial charge on any atom is -0.352 e. The van der Waals surface area contributed by atoms with E-state index in [-0.39, 0.29) is 0 Å². The molecule has 0 unspecified atom stereocenters. The van der Waals surface area contributed by atoms with Crippen molar-refractivity contribution in [1.29, 1.82) is 0 Å². The molecule has 0 radical (unpaired) electrons. The van der Waals surface area contributed by atoms with Crippen molar-refractivity contribution in [3.63, 3.8) is 0 Å². The largest absolute Gasteiger partial charge is 0.352 e. The minimum absolute atomic E-state index is 0.344. The van der Waals surface area contributed by atoms with E-state index < -0.39 is 0 Å². The lowest BCUT2D eigenvalue weighted by molar-refractivity contribution is 0.874. The summed E-state index contributed by atoms with van der Waals surface area (Å²) in [6.45, 7) is 4.14. The molecule has 0 saturated carbocycles. The summed E-state index contributed by atoms with van der Waals surface area (Å²) < 4.78 is 0. The van der Waals surface area contributed by atoms with Crippen LogP contribution in [0.1, 0.15) is 13.8 Å². The first-order valence-corrected chi connectivity index (χ1v) is 7.14. The maximum Gasteiger partial charge on any atom is 0.222 e. The molecule has 2 aromatic rings. The van der Waals surface area contributed by atoms with E-state index in [9.17, 15) is 0 Å². The average molecular weight is 259 g/mol. The zero-order chi connectivity index (χ0) is 13.0. The van der Waals surface area contributed by atoms with Crippen molar-refractivity contribution >= 4 is 17.7 Å². The molecule has 0 spiro atoms. The second kappa shape index (κ2) is 5.87. The zero-order valence-electron chi connectivity index (χ0n) is 10.8. The van der Waals surface area contributed by atoms with Crippen LogP contribution in [0.2, 0.25) is 0 Å². The Morgan fingerprint density at radius 3 is 2.11 bits per heavy atom. The van der Waals surface area contributed by atoms with Crippen LogP contribution in [0.4, 0.5) is 5.95 Å². The Morgan fingerprint density at radius 1 is 1.00 bits per heavy atom. The maximum atomic E-state index is 4.31. The van der Waals surface area contributed by atoms with Crippen molar-refractivity contribution in [3.8, 4) is 11.1 Å². The molecule has 0 fully saturated rings. The molecule has 0 saturated heterocycles. The fourth-order valence-corrected chi connectivity index (χ4v) is 2.00. The fraction of sp³-hybridized carbons (Fsp3) is 0.286. The number of hydrogen-bond acceptors (Lipinski definition) is 4. The molecule has 1 aromatic heterocycles. The highest BCUT2D eigenvalue weighted by Crippen LogP contribution is 2.22. The molecule has 0 aliphatic heterocycles. The third-order valence-electron chi connectivity index (χ3n) is 2.49. The van der Waals surface area contributed by atoms with E-state index in [1.54, 1.807) is 11.8 Å². The molecule has 18 heavy (non-hydrogen) atoms. The summed E-state index contributed by atoms with van der Waals surface area (Å²) in [7, 11) is 0. The molecule has 1 aromatic carbocycles. The van der Waals surface area contributed by atoms with Crippen LogP contribution in [0.5, 0.6) is 0 Å².